The minimum atomic E-state index is -0.853. The topological polar surface area (TPSA) is 69.7 Å². The molecule has 0 spiro atoms. The molecule has 0 saturated carbocycles. The predicted octanol–water partition coefficient (Wildman–Crippen LogP) is 3.29. The van der Waals surface area contributed by atoms with Crippen LogP contribution in [0.25, 0.3) is 0 Å². The van der Waals surface area contributed by atoms with E-state index in [0.29, 0.717) is 30.2 Å². The van der Waals surface area contributed by atoms with Crippen LogP contribution >= 0.6 is 0 Å². The number of carbonyl (C=O) groups excluding carboxylic acids is 3. The summed E-state index contributed by atoms with van der Waals surface area (Å²) in [5.74, 6) is -2.40. The highest BCUT2D eigenvalue weighted by Crippen LogP contribution is 2.43. The molecule has 2 aliphatic rings. The molecule has 2 aromatic rings. The van der Waals surface area contributed by atoms with Gasteiger partial charge >= 0.3 is 0 Å². The van der Waals surface area contributed by atoms with Crippen LogP contribution in [0.2, 0.25) is 0 Å². The second-order valence-corrected chi connectivity index (χ2v) is 7.38. The van der Waals surface area contributed by atoms with Crippen LogP contribution in [0.4, 0.5) is 20.2 Å². The molecule has 4 rings (SSSR count). The largest absolute Gasteiger partial charge is 0.326 e. The van der Waals surface area contributed by atoms with E-state index in [2.05, 4.69) is 5.32 Å². The van der Waals surface area contributed by atoms with E-state index < -0.39 is 23.2 Å². The van der Waals surface area contributed by atoms with Gasteiger partial charge in [0.15, 0.2) is 0 Å². The number of halogens is 2. The van der Waals surface area contributed by atoms with Crippen molar-refractivity contribution >= 4 is 29.1 Å². The normalized spacial score (nSPS) is 20.5. The molecule has 29 heavy (non-hydrogen) atoms. The Hall–Kier alpha value is -3.29. The molecule has 150 valence electrons. The van der Waals surface area contributed by atoms with Crippen molar-refractivity contribution in [3.63, 3.8) is 0 Å². The molecule has 2 aliphatic heterocycles. The molecule has 1 fully saturated rings. The van der Waals surface area contributed by atoms with E-state index in [1.165, 1.54) is 4.90 Å². The second-order valence-electron chi connectivity index (χ2n) is 7.38. The highest BCUT2D eigenvalue weighted by atomic mass is 19.1. The number of hydrogen-bond donors (Lipinski definition) is 1. The molecule has 0 aliphatic carbocycles. The van der Waals surface area contributed by atoms with Crippen LogP contribution in [0, 0.1) is 11.6 Å². The van der Waals surface area contributed by atoms with Gasteiger partial charge in [-0.1, -0.05) is 12.1 Å². The van der Waals surface area contributed by atoms with Crippen LogP contribution in [-0.4, -0.2) is 34.8 Å². The summed E-state index contributed by atoms with van der Waals surface area (Å²) in [6, 6.07) is 9.65. The molecular formula is C21H19F2N3O3. The Balaban J connectivity index is 1.54. The number of amides is 3. The molecule has 2 aromatic carbocycles. The molecule has 0 bridgehead atoms. The van der Waals surface area contributed by atoms with Crippen molar-refractivity contribution in [3.8, 4) is 0 Å². The van der Waals surface area contributed by atoms with E-state index in [-0.39, 0.29) is 30.5 Å². The minimum Gasteiger partial charge on any atom is -0.326 e. The van der Waals surface area contributed by atoms with Gasteiger partial charge in [-0.15, -0.1) is 0 Å². The third-order valence-corrected chi connectivity index (χ3v) is 5.45. The van der Waals surface area contributed by atoms with Gasteiger partial charge in [0.05, 0.1) is 11.3 Å². The SMILES string of the molecule is CC12CCC(=O)N1c1ccccc1C(=O)N2CCC(=O)Nc1cc(F)cc(F)c1. The number of fused-ring (bicyclic) bond motifs is 3. The lowest BCUT2D eigenvalue weighted by atomic mass is 9.98. The monoisotopic (exact) mass is 399 g/mol. The van der Waals surface area contributed by atoms with Crippen molar-refractivity contribution in [1.29, 1.82) is 0 Å². The molecule has 1 atom stereocenters. The third-order valence-electron chi connectivity index (χ3n) is 5.45. The van der Waals surface area contributed by atoms with Crippen molar-refractivity contribution in [1.82, 2.24) is 4.90 Å². The molecular weight excluding hydrogens is 380 g/mol. The van der Waals surface area contributed by atoms with E-state index in [1.54, 1.807) is 29.2 Å². The van der Waals surface area contributed by atoms with Crippen LogP contribution in [0.3, 0.4) is 0 Å². The van der Waals surface area contributed by atoms with Crippen LogP contribution < -0.4 is 10.2 Å². The Morgan fingerprint density at radius 2 is 1.83 bits per heavy atom. The van der Waals surface area contributed by atoms with Gasteiger partial charge < -0.3 is 10.2 Å². The quantitative estimate of drug-likeness (QED) is 0.858. The summed E-state index contributed by atoms with van der Waals surface area (Å²) < 4.78 is 26.6. The Kier molecular flexibility index (Phi) is 4.56. The first kappa shape index (κ1) is 19.0. The zero-order chi connectivity index (χ0) is 20.8. The maximum absolute atomic E-state index is 13.3. The summed E-state index contributed by atoms with van der Waals surface area (Å²) >= 11 is 0. The van der Waals surface area contributed by atoms with Gasteiger partial charge in [0.2, 0.25) is 11.8 Å². The number of rotatable bonds is 4. The van der Waals surface area contributed by atoms with E-state index >= 15 is 0 Å². The van der Waals surface area contributed by atoms with E-state index in [1.807, 2.05) is 6.92 Å². The van der Waals surface area contributed by atoms with E-state index in [4.69, 9.17) is 0 Å². The number of nitrogens with zero attached hydrogens (tertiary/aromatic N) is 2. The van der Waals surface area contributed by atoms with Gasteiger partial charge in [0, 0.05) is 31.1 Å². The van der Waals surface area contributed by atoms with Crippen molar-refractivity contribution in [3.05, 3.63) is 59.7 Å². The molecule has 1 unspecified atom stereocenters. The van der Waals surface area contributed by atoms with Crippen LogP contribution in [0.15, 0.2) is 42.5 Å². The fourth-order valence-corrected chi connectivity index (χ4v) is 4.10. The predicted molar refractivity (Wildman–Crippen MR) is 102 cm³/mol. The summed E-state index contributed by atoms with van der Waals surface area (Å²) in [7, 11) is 0. The Labute approximate surface area is 166 Å². The van der Waals surface area contributed by atoms with Crippen LogP contribution in [0.1, 0.15) is 36.5 Å². The Bertz CT molecular complexity index is 1010. The molecule has 8 heteroatoms. The summed E-state index contributed by atoms with van der Waals surface area (Å²) in [6.45, 7) is 1.88. The highest BCUT2D eigenvalue weighted by molar-refractivity contribution is 6.10. The van der Waals surface area contributed by atoms with E-state index in [0.717, 1.165) is 12.1 Å². The molecule has 6 nitrogen and oxygen atoms in total. The zero-order valence-corrected chi connectivity index (χ0v) is 15.7. The molecule has 1 N–H and O–H groups in total. The van der Waals surface area contributed by atoms with Crippen molar-refractivity contribution in [2.75, 3.05) is 16.8 Å². The first-order chi connectivity index (χ1) is 13.8. The van der Waals surface area contributed by atoms with Gasteiger partial charge in [-0.25, -0.2) is 8.78 Å². The minimum absolute atomic E-state index is 0.00620. The van der Waals surface area contributed by atoms with Gasteiger partial charge in [-0.2, -0.15) is 0 Å². The number of carbonyl (C=O) groups is 3. The van der Waals surface area contributed by atoms with Crippen molar-refractivity contribution in [2.45, 2.75) is 31.8 Å². The van der Waals surface area contributed by atoms with Crippen molar-refractivity contribution in [2.24, 2.45) is 0 Å². The fraction of sp³-hybridized carbons (Fsp3) is 0.286. The van der Waals surface area contributed by atoms with Crippen molar-refractivity contribution < 1.29 is 23.2 Å². The lowest BCUT2D eigenvalue weighted by Gasteiger charge is -2.48. The number of para-hydroxylation sites is 1. The van der Waals surface area contributed by atoms with E-state index in [9.17, 15) is 23.2 Å². The third kappa shape index (κ3) is 3.24. The fourth-order valence-electron chi connectivity index (χ4n) is 4.10. The zero-order valence-electron chi connectivity index (χ0n) is 15.7. The van der Waals surface area contributed by atoms with Crippen LogP contribution in [-0.2, 0) is 9.59 Å². The lowest BCUT2D eigenvalue weighted by Crippen LogP contribution is -2.62. The average Bonchev–Trinajstić information content (AvgIpc) is 2.96. The number of benzene rings is 2. The van der Waals surface area contributed by atoms with Gasteiger partial charge in [-0.3, -0.25) is 19.3 Å². The van der Waals surface area contributed by atoms with Gasteiger partial charge in [0.25, 0.3) is 5.91 Å². The number of anilines is 2. The summed E-state index contributed by atoms with van der Waals surface area (Å²) in [6.07, 6.45) is 0.690. The second kappa shape index (κ2) is 6.95. The molecule has 3 amide bonds. The first-order valence-corrected chi connectivity index (χ1v) is 9.29. The standard InChI is InChI=1S/C21H19F2N3O3/c1-21-8-6-19(28)26(21)17-5-3-2-4-16(17)20(29)25(21)9-7-18(27)24-15-11-13(22)10-14(23)12-15/h2-5,10-12H,6-9H2,1H3,(H,24,27). The summed E-state index contributed by atoms with van der Waals surface area (Å²) in [5, 5.41) is 2.44. The maximum atomic E-state index is 13.3. The first-order valence-electron chi connectivity index (χ1n) is 9.29. The highest BCUT2D eigenvalue weighted by Gasteiger charge is 2.52. The average molecular weight is 399 g/mol. The molecule has 1 saturated heterocycles. The smallest absolute Gasteiger partial charge is 0.257 e. The summed E-state index contributed by atoms with van der Waals surface area (Å²) in [4.78, 5) is 41.1. The number of nitrogens with one attached hydrogen (secondary N) is 1. The number of hydrogen-bond acceptors (Lipinski definition) is 3. The molecule has 0 radical (unpaired) electrons. The van der Waals surface area contributed by atoms with Gasteiger partial charge in [0.1, 0.15) is 17.3 Å². The van der Waals surface area contributed by atoms with Crippen LogP contribution in [0.5, 0.6) is 0 Å². The Morgan fingerprint density at radius 3 is 2.55 bits per heavy atom. The molecule has 0 aromatic heterocycles. The lowest BCUT2D eigenvalue weighted by molar-refractivity contribution is -0.117. The Morgan fingerprint density at radius 1 is 1.14 bits per heavy atom. The summed E-state index contributed by atoms with van der Waals surface area (Å²) in [5.41, 5.74) is 0.145. The molecule has 2 heterocycles. The van der Waals surface area contributed by atoms with Gasteiger partial charge in [-0.05, 0) is 37.6 Å². The maximum Gasteiger partial charge on any atom is 0.257 e.